The normalized spacial score (nSPS) is 25.2. The maximum atomic E-state index is 11.9. The fourth-order valence-corrected chi connectivity index (χ4v) is 2.50. The van der Waals surface area contributed by atoms with Gasteiger partial charge in [-0.15, -0.1) is 0 Å². The van der Waals surface area contributed by atoms with Crippen LogP contribution in [0.5, 0.6) is 0 Å². The second-order valence-corrected chi connectivity index (χ2v) is 6.19. The van der Waals surface area contributed by atoms with Crippen LogP contribution in [0, 0.1) is 5.92 Å². The van der Waals surface area contributed by atoms with Gasteiger partial charge in [-0.25, -0.2) is 9.59 Å². The van der Waals surface area contributed by atoms with Gasteiger partial charge in [-0.1, -0.05) is 13.8 Å². The quantitative estimate of drug-likeness (QED) is 0.710. The number of amides is 2. The number of carboxylic acids is 1. The number of likely N-dealkylation sites (tertiary alicyclic amines) is 1. The molecule has 1 rings (SSSR count). The molecule has 0 aromatic rings. The van der Waals surface area contributed by atoms with E-state index in [1.54, 1.807) is 0 Å². The number of carboxylic acid groups (broad SMARTS) is 1. The van der Waals surface area contributed by atoms with E-state index in [1.807, 2.05) is 13.8 Å². The lowest BCUT2D eigenvalue weighted by Gasteiger charge is -2.35. The van der Waals surface area contributed by atoms with Crippen molar-refractivity contribution in [3.05, 3.63) is 0 Å². The first-order valence-electron chi connectivity index (χ1n) is 7.29. The second-order valence-electron chi connectivity index (χ2n) is 6.19. The van der Waals surface area contributed by atoms with Crippen molar-refractivity contribution in [1.82, 2.24) is 15.5 Å². The van der Waals surface area contributed by atoms with Crippen LogP contribution < -0.4 is 10.6 Å². The largest absolute Gasteiger partial charge is 0.480 e. The monoisotopic (exact) mass is 285 g/mol. The summed E-state index contributed by atoms with van der Waals surface area (Å²) in [6.07, 6.45) is 2.23. The molecule has 6 nitrogen and oxygen atoms in total. The molecular weight excluding hydrogens is 258 g/mol. The van der Waals surface area contributed by atoms with Crippen molar-refractivity contribution in [3.8, 4) is 0 Å². The number of aliphatic carboxylic acids is 1. The van der Waals surface area contributed by atoms with Crippen LogP contribution in [0.2, 0.25) is 0 Å². The standard InChI is InChI=1S/C14H27N3O3/c1-9(2)7-12(13(18)19)16-14(20)15-11-5-6-17(4)10(3)8-11/h9-12H,5-8H2,1-4H3,(H,18,19)(H2,15,16,20)/t10?,11?,12-/m1/s1. The summed E-state index contributed by atoms with van der Waals surface area (Å²) < 4.78 is 0. The van der Waals surface area contributed by atoms with E-state index in [0.717, 1.165) is 19.4 Å². The van der Waals surface area contributed by atoms with Crippen LogP contribution in [0.15, 0.2) is 0 Å². The Hall–Kier alpha value is -1.30. The predicted octanol–water partition coefficient (Wildman–Crippen LogP) is 1.27. The van der Waals surface area contributed by atoms with Gasteiger partial charge in [0.1, 0.15) is 6.04 Å². The van der Waals surface area contributed by atoms with Crippen molar-refractivity contribution in [3.63, 3.8) is 0 Å². The molecule has 3 atom stereocenters. The Labute approximate surface area is 120 Å². The topological polar surface area (TPSA) is 81.7 Å². The number of piperidine rings is 1. The van der Waals surface area contributed by atoms with Gasteiger partial charge in [0, 0.05) is 18.6 Å². The van der Waals surface area contributed by atoms with Crippen LogP contribution in [0.3, 0.4) is 0 Å². The molecule has 1 heterocycles. The van der Waals surface area contributed by atoms with E-state index >= 15 is 0 Å². The Bertz CT molecular complexity index is 347. The van der Waals surface area contributed by atoms with Gasteiger partial charge in [-0.05, 0) is 39.2 Å². The highest BCUT2D eigenvalue weighted by Gasteiger charge is 2.26. The number of hydrogen-bond donors (Lipinski definition) is 3. The first-order valence-corrected chi connectivity index (χ1v) is 7.29. The maximum absolute atomic E-state index is 11.9. The van der Waals surface area contributed by atoms with Gasteiger partial charge in [0.25, 0.3) is 0 Å². The smallest absolute Gasteiger partial charge is 0.326 e. The molecule has 1 aliphatic heterocycles. The van der Waals surface area contributed by atoms with E-state index < -0.39 is 12.0 Å². The molecule has 0 aromatic heterocycles. The fourth-order valence-electron chi connectivity index (χ4n) is 2.50. The van der Waals surface area contributed by atoms with Gasteiger partial charge in [-0.2, -0.15) is 0 Å². The van der Waals surface area contributed by atoms with Crippen LogP contribution in [-0.4, -0.2) is 53.7 Å². The molecule has 1 aliphatic rings. The van der Waals surface area contributed by atoms with Crippen molar-refractivity contribution in [2.45, 2.75) is 58.2 Å². The van der Waals surface area contributed by atoms with Crippen molar-refractivity contribution in [2.24, 2.45) is 5.92 Å². The molecule has 0 saturated carbocycles. The Morgan fingerprint density at radius 3 is 2.55 bits per heavy atom. The molecule has 2 unspecified atom stereocenters. The van der Waals surface area contributed by atoms with Crippen LogP contribution in [0.1, 0.15) is 40.0 Å². The van der Waals surface area contributed by atoms with E-state index in [0.29, 0.717) is 12.5 Å². The molecule has 6 heteroatoms. The Balaban J connectivity index is 2.43. The molecule has 2 amide bonds. The molecule has 0 bridgehead atoms. The zero-order valence-electron chi connectivity index (χ0n) is 12.8. The number of urea groups is 1. The Kier molecular flexibility index (Phi) is 6.26. The molecular formula is C14H27N3O3. The molecule has 116 valence electrons. The molecule has 1 fully saturated rings. The highest BCUT2D eigenvalue weighted by atomic mass is 16.4. The number of carbonyl (C=O) groups is 2. The summed E-state index contributed by atoms with van der Waals surface area (Å²) in [5.74, 6) is -0.759. The highest BCUT2D eigenvalue weighted by molar-refractivity contribution is 5.82. The lowest BCUT2D eigenvalue weighted by atomic mass is 9.99. The molecule has 0 spiro atoms. The molecule has 0 aromatic carbocycles. The van der Waals surface area contributed by atoms with E-state index in [9.17, 15) is 9.59 Å². The molecule has 0 radical (unpaired) electrons. The van der Waals surface area contributed by atoms with Crippen LogP contribution in [-0.2, 0) is 4.79 Å². The third-order valence-electron chi connectivity index (χ3n) is 3.85. The summed E-state index contributed by atoms with van der Waals surface area (Å²) in [7, 11) is 2.07. The van der Waals surface area contributed by atoms with E-state index in [2.05, 4.69) is 29.5 Å². The SMILES string of the molecule is CC(C)C[C@@H](NC(=O)NC1CCN(C)C(C)C1)C(=O)O. The third kappa shape index (κ3) is 5.36. The zero-order valence-corrected chi connectivity index (χ0v) is 12.8. The summed E-state index contributed by atoms with van der Waals surface area (Å²) in [5.41, 5.74) is 0. The zero-order chi connectivity index (χ0) is 15.3. The van der Waals surface area contributed by atoms with E-state index in [4.69, 9.17) is 5.11 Å². The number of nitrogens with zero attached hydrogens (tertiary/aromatic N) is 1. The number of carbonyl (C=O) groups excluding carboxylic acids is 1. The van der Waals surface area contributed by atoms with Gasteiger partial charge < -0.3 is 20.6 Å². The molecule has 0 aliphatic carbocycles. The first-order chi connectivity index (χ1) is 9.29. The maximum Gasteiger partial charge on any atom is 0.326 e. The average molecular weight is 285 g/mol. The summed E-state index contributed by atoms with van der Waals surface area (Å²) in [6, 6.07) is -0.645. The summed E-state index contributed by atoms with van der Waals surface area (Å²) in [5, 5.41) is 14.6. The number of rotatable bonds is 5. The molecule has 20 heavy (non-hydrogen) atoms. The summed E-state index contributed by atoms with van der Waals surface area (Å²) in [6.45, 7) is 6.95. The second kappa shape index (κ2) is 7.47. The summed E-state index contributed by atoms with van der Waals surface area (Å²) in [4.78, 5) is 25.3. The van der Waals surface area contributed by atoms with Crippen LogP contribution >= 0.6 is 0 Å². The lowest BCUT2D eigenvalue weighted by molar-refractivity contribution is -0.139. The molecule has 1 saturated heterocycles. The summed E-state index contributed by atoms with van der Waals surface area (Å²) >= 11 is 0. The Morgan fingerprint density at radius 1 is 1.40 bits per heavy atom. The third-order valence-corrected chi connectivity index (χ3v) is 3.85. The number of hydrogen-bond acceptors (Lipinski definition) is 3. The predicted molar refractivity (Wildman–Crippen MR) is 77.7 cm³/mol. The lowest BCUT2D eigenvalue weighted by Crippen LogP contribution is -2.53. The number of nitrogens with one attached hydrogen (secondary N) is 2. The van der Waals surface area contributed by atoms with Gasteiger partial charge in [0.05, 0.1) is 0 Å². The molecule has 3 N–H and O–H groups in total. The van der Waals surface area contributed by atoms with Crippen molar-refractivity contribution >= 4 is 12.0 Å². The first kappa shape index (κ1) is 16.8. The van der Waals surface area contributed by atoms with E-state index in [1.165, 1.54) is 0 Å². The van der Waals surface area contributed by atoms with Gasteiger partial charge >= 0.3 is 12.0 Å². The van der Waals surface area contributed by atoms with Crippen molar-refractivity contribution in [2.75, 3.05) is 13.6 Å². The van der Waals surface area contributed by atoms with Crippen molar-refractivity contribution < 1.29 is 14.7 Å². The van der Waals surface area contributed by atoms with Gasteiger partial charge in [0.15, 0.2) is 0 Å². The average Bonchev–Trinajstić information content (AvgIpc) is 2.32. The van der Waals surface area contributed by atoms with Crippen molar-refractivity contribution in [1.29, 1.82) is 0 Å². The van der Waals surface area contributed by atoms with Crippen LogP contribution in [0.25, 0.3) is 0 Å². The minimum atomic E-state index is -0.981. The minimum absolute atomic E-state index is 0.120. The minimum Gasteiger partial charge on any atom is -0.480 e. The van der Waals surface area contributed by atoms with E-state index in [-0.39, 0.29) is 18.0 Å². The van der Waals surface area contributed by atoms with Gasteiger partial charge in [0.2, 0.25) is 0 Å². The highest BCUT2D eigenvalue weighted by Crippen LogP contribution is 2.15. The van der Waals surface area contributed by atoms with Crippen LogP contribution in [0.4, 0.5) is 4.79 Å². The Morgan fingerprint density at radius 2 is 2.05 bits per heavy atom. The fraction of sp³-hybridized carbons (Fsp3) is 0.857. The van der Waals surface area contributed by atoms with Gasteiger partial charge in [-0.3, -0.25) is 0 Å².